The summed E-state index contributed by atoms with van der Waals surface area (Å²) in [6.07, 6.45) is 1.31. The number of nitrogens with zero attached hydrogens (tertiary/aromatic N) is 3. The van der Waals surface area contributed by atoms with Gasteiger partial charge < -0.3 is 14.6 Å². The van der Waals surface area contributed by atoms with Gasteiger partial charge in [-0.1, -0.05) is 47.6 Å². The van der Waals surface area contributed by atoms with Gasteiger partial charge in [-0.15, -0.1) is 0 Å². The van der Waals surface area contributed by atoms with Crippen molar-refractivity contribution in [1.29, 1.82) is 0 Å². The summed E-state index contributed by atoms with van der Waals surface area (Å²) in [5.41, 5.74) is 1.50. The Kier molecular flexibility index (Phi) is 5.57. The van der Waals surface area contributed by atoms with Crippen LogP contribution in [0, 0.1) is 0 Å². The first kappa shape index (κ1) is 20.0. The fourth-order valence-electron chi connectivity index (χ4n) is 3.15. The summed E-state index contributed by atoms with van der Waals surface area (Å²) in [7, 11) is 1.27. The van der Waals surface area contributed by atoms with Crippen LogP contribution >= 0.6 is 0 Å². The summed E-state index contributed by atoms with van der Waals surface area (Å²) in [4.78, 5) is 41.4. The number of hydrogen-bond donors (Lipinski definition) is 1. The van der Waals surface area contributed by atoms with E-state index in [-0.39, 0.29) is 41.1 Å². The van der Waals surface area contributed by atoms with Gasteiger partial charge in [-0.25, -0.2) is 9.78 Å². The number of nitrogens with one attached hydrogen (secondary N) is 1. The van der Waals surface area contributed by atoms with Crippen molar-refractivity contribution in [2.75, 3.05) is 12.4 Å². The van der Waals surface area contributed by atoms with E-state index in [1.807, 2.05) is 30.3 Å². The van der Waals surface area contributed by atoms with E-state index in [1.54, 1.807) is 24.3 Å². The first-order valence-corrected chi connectivity index (χ1v) is 9.46. The minimum atomic E-state index is -0.553. The van der Waals surface area contributed by atoms with Gasteiger partial charge in [-0.3, -0.25) is 14.2 Å². The van der Waals surface area contributed by atoms with Crippen molar-refractivity contribution in [1.82, 2.24) is 14.7 Å². The number of rotatable bonds is 6. The Hall–Kier alpha value is -4.27. The van der Waals surface area contributed by atoms with Crippen LogP contribution in [0.5, 0.6) is 0 Å². The molecular formula is C22H18N4O5. The zero-order valence-electron chi connectivity index (χ0n) is 16.6. The fraction of sp³-hybridized carbons (Fsp3) is 0.136. The van der Waals surface area contributed by atoms with Crippen molar-refractivity contribution >= 4 is 28.7 Å². The number of esters is 1. The number of anilines is 1. The minimum absolute atomic E-state index is 0.00541. The molecule has 0 saturated carbocycles. The average molecular weight is 418 g/mol. The molecule has 0 aliphatic carbocycles. The summed E-state index contributed by atoms with van der Waals surface area (Å²) < 4.78 is 11.2. The molecule has 4 rings (SSSR count). The number of aromatic nitrogens is 3. The lowest BCUT2D eigenvalue weighted by molar-refractivity contribution is -0.116. The Morgan fingerprint density at radius 1 is 1.10 bits per heavy atom. The third kappa shape index (κ3) is 4.06. The van der Waals surface area contributed by atoms with Gasteiger partial charge in [0.2, 0.25) is 5.91 Å². The number of fused-ring (bicyclic) bond motifs is 1. The fourth-order valence-corrected chi connectivity index (χ4v) is 3.15. The summed E-state index contributed by atoms with van der Waals surface area (Å²) in [6.45, 7) is 0.0907. The number of amides is 1. The van der Waals surface area contributed by atoms with E-state index in [0.29, 0.717) is 11.4 Å². The van der Waals surface area contributed by atoms with E-state index in [4.69, 9.17) is 9.26 Å². The standard InChI is InChI=1S/C22H18N4O5/c1-30-22(29)15-9-5-6-10-16(15)24-17(27)11-12-26-13-23-20-18(21(26)28)19(25-31-20)14-7-3-2-4-8-14/h2-10,13H,11-12H2,1H3,(H,24,27). The van der Waals surface area contributed by atoms with Crippen LogP contribution in [0.3, 0.4) is 0 Å². The molecular weight excluding hydrogens is 400 g/mol. The van der Waals surface area contributed by atoms with Gasteiger partial charge in [0, 0.05) is 18.5 Å². The Labute approximate surface area is 176 Å². The van der Waals surface area contributed by atoms with Crippen LogP contribution in [0.15, 0.2) is 70.2 Å². The summed E-state index contributed by atoms with van der Waals surface area (Å²) in [5, 5.41) is 6.91. The minimum Gasteiger partial charge on any atom is -0.465 e. The van der Waals surface area contributed by atoms with E-state index in [2.05, 4.69) is 15.5 Å². The maximum atomic E-state index is 13.0. The number of carbonyl (C=O) groups excluding carboxylic acids is 2. The molecule has 9 heteroatoms. The molecule has 2 aromatic heterocycles. The molecule has 0 aliphatic rings. The van der Waals surface area contributed by atoms with Gasteiger partial charge >= 0.3 is 5.97 Å². The molecule has 4 aromatic rings. The molecule has 0 atom stereocenters. The number of carbonyl (C=O) groups is 2. The van der Waals surface area contributed by atoms with Crippen molar-refractivity contribution in [3.8, 4) is 11.3 Å². The highest BCUT2D eigenvalue weighted by Crippen LogP contribution is 2.23. The Morgan fingerprint density at radius 2 is 1.84 bits per heavy atom. The average Bonchev–Trinajstić information content (AvgIpc) is 3.24. The molecule has 9 nitrogen and oxygen atoms in total. The quantitative estimate of drug-likeness (QED) is 0.479. The second-order valence-corrected chi connectivity index (χ2v) is 6.66. The van der Waals surface area contributed by atoms with Gasteiger partial charge in [0.1, 0.15) is 17.4 Å². The van der Waals surface area contributed by atoms with E-state index < -0.39 is 5.97 Å². The number of benzene rings is 2. The predicted molar refractivity (Wildman–Crippen MR) is 113 cm³/mol. The van der Waals surface area contributed by atoms with Gasteiger partial charge in [0.25, 0.3) is 11.3 Å². The SMILES string of the molecule is COC(=O)c1ccccc1NC(=O)CCn1cnc2onc(-c3ccccc3)c2c1=O. The zero-order valence-corrected chi connectivity index (χ0v) is 16.6. The van der Waals surface area contributed by atoms with Gasteiger partial charge in [0.15, 0.2) is 0 Å². The highest BCUT2D eigenvalue weighted by molar-refractivity contribution is 6.01. The lowest BCUT2D eigenvalue weighted by atomic mass is 10.1. The monoisotopic (exact) mass is 418 g/mol. The Morgan fingerprint density at radius 3 is 2.61 bits per heavy atom. The molecule has 2 heterocycles. The largest absolute Gasteiger partial charge is 0.465 e. The topological polar surface area (TPSA) is 116 Å². The molecule has 1 N–H and O–H groups in total. The van der Waals surface area contributed by atoms with Crippen LogP contribution in [0.4, 0.5) is 5.69 Å². The van der Waals surface area contributed by atoms with Crippen molar-refractivity contribution in [2.45, 2.75) is 13.0 Å². The van der Waals surface area contributed by atoms with Crippen LogP contribution in [0.1, 0.15) is 16.8 Å². The highest BCUT2D eigenvalue weighted by atomic mass is 16.5. The van der Waals surface area contributed by atoms with Crippen molar-refractivity contribution in [2.24, 2.45) is 0 Å². The Bertz CT molecular complexity index is 1310. The maximum absolute atomic E-state index is 13.0. The highest BCUT2D eigenvalue weighted by Gasteiger charge is 2.18. The summed E-state index contributed by atoms with van der Waals surface area (Å²) in [5.74, 6) is -0.917. The second kappa shape index (κ2) is 8.62. The molecule has 156 valence electrons. The van der Waals surface area contributed by atoms with Crippen LogP contribution in [-0.2, 0) is 16.1 Å². The third-order valence-electron chi connectivity index (χ3n) is 4.70. The molecule has 0 radical (unpaired) electrons. The van der Waals surface area contributed by atoms with Gasteiger partial charge in [0.05, 0.1) is 18.4 Å². The predicted octanol–water partition coefficient (Wildman–Crippen LogP) is 2.87. The lowest BCUT2D eigenvalue weighted by Crippen LogP contribution is -2.24. The third-order valence-corrected chi connectivity index (χ3v) is 4.70. The molecule has 0 spiro atoms. The van der Waals surface area contributed by atoms with Crippen LogP contribution in [-0.4, -0.2) is 33.7 Å². The molecule has 2 aromatic carbocycles. The molecule has 0 unspecified atom stereocenters. The van der Waals surface area contributed by atoms with Crippen molar-refractivity contribution < 1.29 is 18.8 Å². The molecule has 0 bridgehead atoms. The van der Waals surface area contributed by atoms with Crippen molar-refractivity contribution in [3.05, 3.63) is 76.8 Å². The molecule has 31 heavy (non-hydrogen) atoms. The number of methoxy groups -OCH3 is 1. The second-order valence-electron chi connectivity index (χ2n) is 6.66. The molecule has 0 aliphatic heterocycles. The van der Waals surface area contributed by atoms with E-state index >= 15 is 0 Å². The van der Waals surface area contributed by atoms with E-state index in [9.17, 15) is 14.4 Å². The smallest absolute Gasteiger partial charge is 0.339 e. The van der Waals surface area contributed by atoms with Crippen LogP contribution in [0.25, 0.3) is 22.4 Å². The maximum Gasteiger partial charge on any atom is 0.339 e. The number of hydrogen-bond acceptors (Lipinski definition) is 7. The molecule has 1 amide bonds. The van der Waals surface area contributed by atoms with Gasteiger partial charge in [-0.05, 0) is 12.1 Å². The zero-order chi connectivity index (χ0) is 21.8. The van der Waals surface area contributed by atoms with Crippen molar-refractivity contribution in [3.63, 3.8) is 0 Å². The Balaban J connectivity index is 1.54. The summed E-state index contributed by atoms with van der Waals surface area (Å²) >= 11 is 0. The molecule has 0 saturated heterocycles. The van der Waals surface area contributed by atoms with E-state index in [1.165, 1.54) is 18.0 Å². The number of para-hydroxylation sites is 1. The molecule has 0 fully saturated rings. The van der Waals surface area contributed by atoms with Crippen LogP contribution in [0.2, 0.25) is 0 Å². The van der Waals surface area contributed by atoms with Crippen LogP contribution < -0.4 is 10.9 Å². The lowest BCUT2D eigenvalue weighted by Gasteiger charge is -2.10. The first-order chi connectivity index (χ1) is 15.1. The van der Waals surface area contributed by atoms with Gasteiger partial charge in [-0.2, -0.15) is 0 Å². The normalized spacial score (nSPS) is 10.7. The summed E-state index contributed by atoms with van der Waals surface area (Å²) in [6, 6.07) is 15.7. The number of ether oxygens (including phenoxy) is 1. The first-order valence-electron chi connectivity index (χ1n) is 9.46. The van der Waals surface area contributed by atoms with E-state index in [0.717, 1.165) is 5.56 Å². The number of aryl methyl sites for hydroxylation is 1.